The van der Waals surface area contributed by atoms with E-state index >= 15 is 0 Å². The summed E-state index contributed by atoms with van der Waals surface area (Å²) < 4.78 is 69.7. The van der Waals surface area contributed by atoms with Crippen molar-refractivity contribution in [2.24, 2.45) is 0 Å². The van der Waals surface area contributed by atoms with Gasteiger partial charge in [0.05, 0.1) is 48.3 Å². The summed E-state index contributed by atoms with van der Waals surface area (Å²) in [6.45, 7) is 3.57. The van der Waals surface area contributed by atoms with E-state index in [1.807, 2.05) is 54.6 Å². The summed E-state index contributed by atoms with van der Waals surface area (Å²) >= 11 is 0. The maximum Gasteiger partial charge on any atom is 0.188 e. The molecule has 0 atom stereocenters. The van der Waals surface area contributed by atoms with Crippen molar-refractivity contribution in [2.75, 3.05) is 48.8 Å². The van der Waals surface area contributed by atoms with Crippen molar-refractivity contribution in [1.29, 1.82) is 0 Å². The van der Waals surface area contributed by atoms with Gasteiger partial charge >= 0.3 is 0 Å². The van der Waals surface area contributed by atoms with Crippen molar-refractivity contribution in [3.8, 4) is 34.5 Å². The molecule has 0 aliphatic carbocycles. The first-order valence-corrected chi connectivity index (χ1v) is 15.3. The van der Waals surface area contributed by atoms with Crippen LogP contribution in [0.15, 0.2) is 54.6 Å². The van der Waals surface area contributed by atoms with Gasteiger partial charge < -0.3 is 33.5 Å². The van der Waals surface area contributed by atoms with Crippen LogP contribution in [0.4, 0.5) is 0 Å². The number of benzene rings is 3. The number of ether oxygens (including phenoxy) is 6. The maximum atomic E-state index is 11.5. The Morgan fingerprint density at radius 2 is 0.756 bits per heavy atom. The molecule has 226 valence electrons. The lowest BCUT2D eigenvalue weighted by Crippen LogP contribution is -2.68. The van der Waals surface area contributed by atoms with Crippen molar-refractivity contribution >= 4 is 23.2 Å². The lowest BCUT2D eigenvalue weighted by Gasteiger charge is -2.35. The predicted octanol–water partition coefficient (Wildman–Crippen LogP) is -0.953. The molecule has 1 N–H and O–H groups in total. The third-order valence-corrected chi connectivity index (χ3v) is 10.8. The van der Waals surface area contributed by atoms with E-state index in [4.69, 9.17) is 47.1 Å². The largest absolute Gasteiger partial charge is 0.492 e. The molecule has 0 radical (unpaired) electrons. The van der Waals surface area contributed by atoms with Crippen molar-refractivity contribution < 1.29 is 62.4 Å². The van der Waals surface area contributed by atoms with Gasteiger partial charge in [-0.25, -0.2) is 18.6 Å². The predicted molar refractivity (Wildman–Crippen MR) is 146 cm³/mol. The highest BCUT2D eigenvalue weighted by Crippen LogP contribution is 2.66. The number of halogens is 1. The molecule has 3 aromatic carbocycles. The zero-order valence-electron chi connectivity index (χ0n) is 24.3. The molecule has 13 heteroatoms. The minimum atomic E-state index is -4.94. The van der Waals surface area contributed by atoms with Crippen molar-refractivity contribution in [3.63, 3.8) is 0 Å². The standard InChI is InChI=1S/C28H36O7P.ClHO4/c1-28(2,29)18-36(25-19(30-3)12-9-13-20(25)31-4,26-21(32-5)14-10-15-22(26)33-6)27-23(34-7)16-11-17-24(27)35-8;2-1(3,4)5/h9-17,29H,18H2,1-8H3;(H,2,3,4,5)/q+1;/p-1. The summed E-state index contributed by atoms with van der Waals surface area (Å²) in [6.07, 6.45) is 0.282. The van der Waals surface area contributed by atoms with Gasteiger partial charge in [-0.2, -0.15) is 0 Å². The third-order valence-electron chi connectivity index (χ3n) is 5.97. The first-order chi connectivity index (χ1) is 19.2. The highest BCUT2D eigenvalue weighted by Gasteiger charge is 2.59. The molecule has 0 bridgehead atoms. The zero-order chi connectivity index (χ0) is 31.0. The summed E-state index contributed by atoms with van der Waals surface area (Å²) in [5.41, 5.74) is -1.14. The molecule has 0 unspecified atom stereocenters. The van der Waals surface area contributed by atoms with E-state index in [1.165, 1.54) is 0 Å². The summed E-state index contributed by atoms with van der Waals surface area (Å²) in [5, 5.41) is 13.8. The van der Waals surface area contributed by atoms with E-state index in [9.17, 15) is 5.11 Å². The summed E-state index contributed by atoms with van der Waals surface area (Å²) in [4.78, 5) is 0. The Hall–Kier alpha value is -3.02. The molecule has 0 spiro atoms. The van der Waals surface area contributed by atoms with Gasteiger partial charge in [0.25, 0.3) is 0 Å². The Balaban J connectivity index is 0.00000108. The molecule has 11 nitrogen and oxygen atoms in total. The topological polar surface area (TPSA) is 168 Å². The smallest absolute Gasteiger partial charge is 0.188 e. The van der Waals surface area contributed by atoms with Gasteiger partial charge in [0.1, 0.15) is 13.4 Å². The molecule has 0 fully saturated rings. The molecular weight excluding hydrogens is 579 g/mol. The molecular formula is C28H36ClO11P. The van der Waals surface area contributed by atoms with Crippen LogP contribution >= 0.6 is 7.26 Å². The van der Waals surface area contributed by atoms with Crippen LogP contribution < -0.4 is 63.0 Å². The highest BCUT2D eigenvalue weighted by molar-refractivity contribution is 7.96. The first kappa shape index (κ1) is 34.2. The second-order valence-corrected chi connectivity index (χ2v) is 13.2. The van der Waals surface area contributed by atoms with Crippen LogP contribution in [-0.2, 0) is 0 Å². The van der Waals surface area contributed by atoms with Gasteiger partial charge in [-0.1, -0.05) is 18.2 Å². The number of aliphatic hydroxyl groups is 1. The van der Waals surface area contributed by atoms with Gasteiger partial charge in [-0.05, 0) is 50.2 Å². The van der Waals surface area contributed by atoms with Crippen LogP contribution in [0.5, 0.6) is 34.5 Å². The zero-order valence-corrected chi connectivity index (χ0v) is 25.9. The van der Waals surface area contributed by atoms with E-state index in [0.717, 1.165) is 15.9 Å². The van der Waals surface area contributed by atoms with E-state index < -0.39 is 23.1 Å². The van der Waals surface area contributed by atoms with Crippen LogP contribution in [0.1, 0.15) is 13.8 Å². The normalized spacial score (nSPS) is 11.6. The molecule has 0 heterocycles. The number of hydrogen-bond acceptors (Lipinski definition) is 11. The van der Waals surface area contributed by atoms with Crippen molar-refractivity contribution in [3.05, 3.63) is 54.6 Å². The molecule has 3 aromatic rings. The summed E-state index contributed by atoms with van der Waals surface area (Å²) in [6, 6.07) is 17.0. The van der Waals surface area contributed by atoms with Crippen LogP contribution in [0.2, 0.25) is 0 Å². The Bertz CT molecular complexity index is 1080. The Kier molecular flexibility index (Phi) is 11.9. The molecule has 3 rings (SSSR count). The minimum absolute atomic E-state index is 0.282. The maximum absolute atomic E-state index is 11.5. The van der Waals surface area contributed by atoms with E-state index in [1.54, 1.807) is 56.5 Å². The quantitative estimate of drug-likeness (QED) is 0.264. The first-order valence-electron chi connectivity index (χ1n) is 12.1. The molecule has 0 saturated heterocycles. The molecule has 0 amide bonds. The average molecular weight is 615 g/mol. The molecule has 0 aliphatic rings. The lowest BCUT2D eigenvalue weighted by molar-refractivity contribution is -2.00. The molecule has 0 aliphatic heterocycles. The van der Waals surface area contributed by atoms with Gasteiger partial charge in [-0.3, -0.25) is 0 Å². The second-order valence-electron chi connectivity index (χ2n) is 9.19. The van der Waals surface area contributed by atoms with Crippen LogP contribution in [0.25, 0.3) is 0 Å². The monoisotopic (exact) mass is 614 g/mol. The fourth-order valence-electron chi connectivity index (χ4n) is 4.78. The Morgan fingerprint density at radius 3 is 0.902 bits per heavy atom. The van der Waals surface area contributed by atoms with Crippen LogP contribution in [-0.4, -0.2) is 59.5 Å². The number of hydrogen-bond donors (Lipinski definition) is 1. The minimum Gasteiger partial charge on any atom is -0.492 e. The number of rotatable bonds is 11. The Morgan fingerprint density at radius 1 is 0.561 bits per heavy atom. The van der Waals surface area contributed by atoms with E-state index in [2.05, 4.69) is 0 Å². The highest BCUT2D eigenvalue weighted by atomic mass is 35.7. The van der Waals surface area contributed by atoms with Crippen molar-refractivity contribution in [1.82, 2.24) is 0 Å². The van der Waals surface area contributed by atoms with Gasteiger partial charge in [0.15, 0.2) is 50.4 Å². The van der Waals surface area contributed by atoms with E-state index in [-0.39, 0.29) is 6.16 Å². The average Bonchev–Trinajstić information content (AvgIpc) is 2.93. The second kappa shape index (κ2) is 14.2. The van der Waals surface area contributed by atoms with Crippen molar-refractivity contribution in [2.45, 2.75) is 19.4 Å². The Labute approximate surface area is 242 Å². The molecule has 41 heavy (non-hydrogen) atoms. The van der Waals surface area contributed by atoms with Crippen LogP contribution in [0, 0.1) is 10.2 Å². The van der Waals surface area contributed by atoms with E-state index in [0.29, 0.717) is 34.5 Å². The molecule has 0 aromatic heterocycles. The van der Waals surface area contributed by atoms with Crippen LogP contribution in [0.3, 0.4) is 0 Å². The van der Waals surface area contributed by atoms with Gasteiger partial charge in [0.2, 0.25) is 0 Å². The number of methoxy groups -OCH3 is 6. The summed E-state index contributed by atoms with van der Waals surface area (Å²) in [7, 11) is 1.78. The molecule has 0 saturated carbocycles. The fraction of sp³-hybridized carbons (Fsp3) is 0.357. The lowest BCUT2D eigenvalue weighted by atomic mass is 10.2. The van der Waals surface area contributed by atoms with Gasteiger partial charge in [-0.15, -0.1) is 10.2 Å². The SMILES string of the molecule is COc1cccc(OC)c1[P+](CC(C)(C)O)(c1c(OC)cccc1OC)c1c(OC)cccc1OC.[O-][Cl+3]([O-])([O-])[O-]. The third kappa shape index (κ3) is 8.05. The summed E-state index contributed by atoms with van der Waals surface area (Å²) in [5.74, 6) is 3.63. The van der Waals surface area contributed by atoms with Gasteiger partial charge in [0, 0.05) is 0 Å². The fourth-order valence-corrected chi connectivity index (χ4v) is 10.3.